The van der Waals surface area contributed by atoms with Crippen molar-refractivity contribution in [2.75, 3.05) is 6.61 Å². The fourth-order valence-corrected chi connectivity index (χ4v) is 3.94. The molecule has 0 amide bonds. The molecule has 1 aliphatic rings. The van der Waals surface area contributed by atoms with E-state index in [1.165, 1.54) is 0 Å². The van der Waals surface area contributed by atoms with E-state index in [9.17, 15) is 34.9 Å². The number of phenolic OH excluding ortho intramolecular Hbond substituents is 1. The summed E-state index contributed by atoms with van der Waals surface area (Å²) in [5, 5.41) is 32.5. The zero-order chi connectivity index (χ0) is 23.6. The predicted octanol–water partition coefficient (Wildman–Crippen LogP) is 4.29. The first-order valence-corrected chi connectivity index (χ1v) is 10.3. The van der Waals surface area contributed by atoms with Crippen LogP contribution < -0.4 is 0 Å². The van der Waals surface area contributed by atoms with Crippen LogP contribution in [0.2, 0.25) is 0 Å². The smallest absolute Gasteiger partial charge is 0.318 e. The molecule has 0 saturated carbocycles. The highest BCUT2D eigenvalue weighted by Crippen LogP contribution is 2.44. The lowest BCUT2D eigenvalue weighted by atomic mass is 9.73. The highest BCUT2D eigenvalue weighted by Gasteiger charge is 2.40. The van der Waals surface area contributed by atoms with E-state index < -0.39 is 50.6 Å². The Morgan fingerprint density at radius 1 is 1.16 bits per heavy atom. The molecule has 0 aliphatic heterocycles. The zero-order valence-corrected chi connectivity index (χ0v) is 18.3. The number of nitrogens with zero attached hydrogens (tertiary/aromatic N) is 2. The normalized spacial score (nSPS) is 18.1. The molecule has 0 fully saturated rings. The number of phenols is 1. The van der Waals surface area contributed by atoms with Crippen LogP contribution in [0.15, 0.2) is 46.9 Å². The number of halogens is 1. The molecule has 0 aromatic heterocycles. The Balaban J connectivity index is 2.14. The van der Waals surface area contributed by atoms with Gasteiger partial charge >= 0.3 is 17.3 Å². The summed E-state index contributed by atoms with van der Waals surface area (Å²) in [6, 6.07) is 8.92. The van der Waals surface area contributed by atoms with E-state index in [1.807, 2.05) is 0 Å². The molecule has 3 rings (SSSR count). The van der Waals surface area contributed by atoms with Gasteiger partial charge in [-0.1, -0.05) is 28.1 Å². The van der Waals surface area contributed by atoms with Crippen LogP contribution in [0.5, 0.6) is 5.75 Å². The van der Waals surface area contributed by atoms with E-state index in [2.05, 4.69) is 15.9 Å². The molecule has 0 radical (unpaired) electrons. The first-order chi connectivity index (χ1) is 15.1. The second kappa shape index (κ2) is 9.27. The van der Waals surface area contributed by atoms with E-state index in [1.54, 1.807) is 31.2 Å². The molecule has 0 heterocycles. The molecule has 2 atom stereocenters. The Morgan fingerprint density at radius 2 is 1.72 bits per heavy atom. The molecular weight excluding hydrogens is 488 g/mol. The molecule has 10 nitrogen and oxygen atoms in total. The van der Waals surface area contributed by atoms with Crippen LogP contribution in [0.1, 0.15) is 30.4 Å². The van der Waals surface area contributed by atoms with Crippen LogP contribution in [0.4, 0.5) is 11.4 Å². The number of ketones is 1. The van der Waals surface area contributed by atoms with Gasteiger partial charge in [0.25, 0.3) is 5.75 Å². The van der Waals surface area contributed by atoms with Gasteiger partial charge in [0.05, 0.1) is 16.5 Å². The van der Waals surface area contributed by atoms with Gasteiger partial charge in [0.1, 0.15) is 5.92 Å². The quantitative estimate of drug-likeness (QED) is 0.264. The highest BCUT2D eigenvalue weighted by molar-refractivity contribution is 9.10. The second-order valence-corrected chi connectivity index (χ2v) is 7.96. The fraction of sp³-hybridized carbons (Fsp3) is 0.238. The lowest BCUT2D eigenvalue weighted by Gasteiger charge is -2.29. The van der Waals surface area contributed by atoms with Crippen LogP contribution in [0, 0.1) is 26.1 Å². The Morgan fingerprint density at radius 3 is 2.22 bits per heavy atom. The number of rotatable bonds is 6. The molecule has 166 valence electrons. The summed E-state index contributed by atoms with van der Waals surface area (Å²) in [7, 11) is 0. The summed E-state index contributed by atoms with van der Waals surface area (Å²) in [5.41, 5.74) is -0.730. The first-order valence-electron chi connectivity index (χ1n) is 9.46. The maximum atomic E-state index is 12.9. The summed E-state index contributed by atoms with van der Waals surface area (Å²) in [6.07, 6.45) is 1.24. The molecule has 2 aromatic carbocycles. The minimum absolute atomic E-state index is 0.0407. The lowest BCUT2D eigenvalue weighted by Crippen LogP contribution is -2.34. The number of aromatic hydroxyl groups is 1. The number of ether oxygens (including phenoxy) is 1. The van der Waals surface area contributed by atoms with Gasteiger partial charge in [0, 0.05) is 22.5 Å². The number of allylic oxidation sites excluding steroid dienone is 2. The van der Waals surface area contributed by atoms with Crippen molar-refractivity contribution in [2.24, 2.45) is 5.92 Å². The third kappa shape index (κ3) is 4.52. The molecule has 1 N–H and O–H groups in total. The van der Waals surface area contributed by atoms with Crippen molar-refractivity contribution in [2.45, 2.75) is 19.3 Å². The minimum Gasteiger partial charge on any atom is -0.497 e. The maximum Gasteiger partial charge on any atom is 0.318 e. The molecule has 0 saturated heterocycles. The number of carbonyl (C=O) groups is 2. The van der Waals surface area contributed by atoms with Gasteiger partial charge in [-0.05, 0) is 48.3 Å². The summed E-state index contributed by atoms with van der Waals surface area (Å²) in [5.74, 6) is -4.11. The van der Waals surface area contributed by atoms with Gasteiger partial charge < -0.3 is 9.84 Å². The average molecular weight is 505 g/mol. The lowest BCUT2D eigenvalue weighted by molar-refractivity contribution is -0.396. The molecule has 0 spiro atoms. The monoisotopic (exact) mass is 504 g/mol. The van der Waals surface area contributed by atoms with Gasteiger partial charge in [-0.2, -0.15) is 0 Å². The maximum absolute atomic E-state index is 12.9. The SMILES string of the molecule is CCOC(=O)C1C(=O)C=C(c2cc([N+](=O)[O-])c(O)c([N+](=O)[O-])c2)CC1c1ccc(Br)cc1. The van der Waals surface area contributed by atoms with Crippen molar-refractivity contribution < 1.29 is 29.3 Å². The number of esters is 1. The zero-order valence-electron chi connectivity index (χ0n) is 16.7. The van der Waals surface area contributed by atoms with Crippen LogP contribution >= 0.6 is 15.9 Å². The van der Waals surface area contributed by atoms with Crippen LogP contribution in [-0.4, -0.2) is 33.3 Å². The molecule has 1 aliphatic carbocycles. The number of nitro benzene ring substituents is 2. The Kier molecular flexibility index (Phi) is 6.68. The molecule has 32 heavy (non-hydrogen) atoms. The number of hydrogen-bond acceptors (Lipinski definition) is 8. The molecule has 2 unspecified atom stereocenters. The third-order valence-corrected chi connectivity index (χ3v) is 5.67. The first kappa shape index (κ1) is 23.1. The summed E-state index contributed by atoms with van der Waals surface area (Å²) in [4.78, 5) is 46.2. The van der Waals surface area contributed by atoms with E-state index in [0.29, 0.717) is 5.56 Å². The van der Waals surface area contributed by atoms with Crippen molar-refractivity contribution in [1.82, 2.24) is 0 Å². The third-order valence-electron chi connectivity index (χ3n) is 5.14. The number of carbonyl (C=O) groups excluding carboxylic acids is 2. The number of hydrogen-bond donors (Lipinski definition) is 1. The predicted molar refractivity (Wildman–Crippen MR) is 116 cm³/mol. The molecule has 2 aromatic rings. The van der Waals surface area contributed by atoms with Gasteiger partial charge in [-0.25, -0.2) is 0 Å². The van der Waals surface area contributed by atoms with E-state index in [0.717, 1.165) is 22.7 Å². The van der Waals surface area contributed by atoms with E-state index in [-0.39, 0.29) is 24.2 Å². The average Bonchev–Trinajstić information content (AvgIpc) is 2.73. The molecule has 11 heteroatoms. The summed E-state index contributed by atoms with van der Waals surface area (Å²) < 4.78 is 5.86. The van der Waals surface area contributed by atoms with Crippen LogP contribution in [-0.2, 0) is 14.3 Å². The summed E-state index contributed by atoms with van der Waals surface area (Å²) >= 11 is 3.33. The summed E-state index contributed by atoms with van der Waals surface area (Å²) in [6.45, 7) is 1.71. The van der Waals surface area contributed by atoms with Gasteiger partial charge in [0.2, 0.25) is 0 Å². The van der Waals surface area contributed by atoms with Gasteiger partial charge in [0.15, 0.2) is 5.78 Å². The van der Waals surface area contributed by atoms with Crippen molar-refractivity contribution >= 4 is 44.6 Å². The fourth-order valence-electron chi connectivity index (χ4n) is 3.68. The standard InChI is InChI=1S/C21H17BrN2O8/c1-2-32-21(27)19-15(11-3-5-14(22)6-4-11)7-12(10-18(19)25)13-8-16(23(28)29)20(26)17(9-13)24(30)31/h3-6,8-10,15,19,26H,2,7H2,1H3. The second-order valence-electron chi connectivity index (χ2n) is 7.04. The molecule has 0 bridgehead atoms. The van der Waals surface area contributed by atoms with Crippen molar-refractivity contribution in [3.05, 3.63) is 78.3 Å². The largest absolute Gasteiger partial charge is 0.497 e. The highest BCUT2D eigenvalue weighted by atomic mass is 79.9. The number of nitro groups is 2. The molecular formula is C21H17BrN2O8. The van der Waals surface area contributed by atoms with E-state index in [4.69, 9.17) is 4.74 Å². The van der Waals surface area contributed by atoms with Crippen LogP contribution in [0.25, 0.3) is 5.57 Å². The van der Waals surface area contributed by atoms with Crippen LogP contribution in [0.3, 0.4) is 0 Å². The topological polar surface area (TPSA) is 150 Å². The Hall–Kier alpha value is -3.60. The van der Waals surface area contributed by atoms with Crippen molar-refractivity contribution in [1.29, 1.82) is 0 Å². The minimum atomic E-state index is -1.12. The Labute approximate surface area is 189 Å². The number of benzene rings is 2. The van der Waals surface area contributed by atoms with Gasteiger partial charge in [-0.15, -0.1) is 0 Å². The van der Waals surface area contributed by atoms with Crippen molar-refractivity contribution in [3.8, 4) is 5.75 Å². The Bertz CT molecular complexity index is 1110. The van der Waals surface area contributed by atoms with Crippen molar-refractivity contribution in [3.63, 3.8) is 0 Å². The van der Waals surface area contributed by atoms with Gasteiger partial charge in [-0.3, -0.25) is 29.8 Å². The van der Waals surface area contributed by atoms with E-state index >= 15 is 0 Å².